The van der Waals surface area contributed by atoms with Gasteiger partial charge in [-0.1, -0.05) is 12.1 Å². The van der Waals surface area contributed by atoms with Crippen LogP contribution in [0.25, 0.3) is 0 Å². The molecule has 0 radical (unpaired) electrons. The molecule has 0 aliphatic rings. The van der Waals surface area contributed by atoms with Gasteiger partial charge < -0.3 is 15.4 Å². The van der Waals surface area contributed by atoms with Crippen molar-refractivity contribution in [3.8, 4) is 0 Å². The fourth-order valence-electron chi connectivity index (χ4n) is 2.96. The number of carbonyl (C=O) groups excluding carboxylic acids is 1. The Morgan fingerprint density at radius 1 is 1.11 bits per heavy atom. The second kappa shape index (κ2) is 14.6. The number of guanidine groups is 1. The van der Waals surface area contributed by atoms with E-state index in [0.717, 1.165) is 31.0 Å². The van der Waals surface area contributed by atoms with E-state index in [2.05, 4.69) is 48.2 Å². The Labute approximate surface area is 187 Å². The Hall–Kier alpha value is -1.35. The summed E-state index contributed by atoms with van der Waals surface area (Å²) in [4.78, 5) is 18.4. The molecule has 0 spiro atoms. The highest BCUT2D eigenvalue weighted by Crippen LogP contribution is 2.06. The van der Waals surface area contributed by atoms with Crippen molar-refractivity contribution < 1.29 is 9.53 Å². The van der Waals surface area contributed by atoms with Crippen LogP contribution in [-0.4, -0.2) is 55.7 Å². The summed E-state index contributed by atoms with van der Waals surface area (Å²) in [5, 5.41) is 6.66. The predicted octanol–water partition coefficient (Wildman–Crippen LogP) is 3.66. The number of aliphatic imine (C=N–C) groups is 1. The zero-order valence-electron chi connectivity index (χ0n) is 18.1. The molecule has 1 aromatic rings. The molecule has 0 aliphatic heterocycles. The van der Waals surface area contributed by atoms with Gasteiger partial charge in [0.2, 0.25) is 0 Å². The third-order valence-corrected chi connectivity index (χ3v) is 4.36. The van der Waals surface area contributed by atoms with Crippen LogP contribution in [0, 0.1) is 0 Å². The lowest BCUT2D eigenvalue weighted by Gasteiger charge is -2.30. The van der Waals surface area contributed by atoms with E-state index in [1.165, 1.54) is 0 Å². The van der Waals surface area contributed by atoms with Crippen molar-refractivity contribution in [2.24, 2.45) is 4.99 Å². The third kappa shape index (κ3) is 9.73. The Morgan fingerprint density at radius 3 is 2.21 bits per heavy atom. The van der Waals surface area contributed by atoms with Crippen molar-refractivity contribution in [3.05, 3.63) is 35.4 Å². The van der Waals surface area contributed by atoms with Crippen molar-refractivity contribution in [1.29, 1.82) is 0 Å². The van der Waals surface area contributed by atoms with Gasteiger partial charge in [-0.3, -0.25) is 9.89 Å². The van der Waals surface area contributed by atoms with Crippen LogP contribution in [-0.2, 0) is 11.3 Å². The highest BCUT2D eigenvalue weighted by atomic mass is 127. The zero-order chi connectivity index (χ0) is 20.2. The topological polar surface area (TPSA) is 66.0 Å². The Balaban J connectivity index is 0.00000729. The molecule has 0 aliphatic carbocycles. The number of hydrogen-bond acceptors (Lipinski definition) is 4. The van der Waals surface area contributed by atoms with Gasteiger partial charge in [0, 0.05) is 38.8 Å². The molecule has 160 valence electrons. The molecule has 6 nitrogen and oxygen atoms in total. The van der Waals surface area contributed by atoms with Crippen LogP contribution >= 0.6 is 24.0 Å². The van der Waals surface area contributed by atoms with E-state index < -0.39 is 0 Å². The molecule has 1 aromatic carbocycles. The van der Waals surface area contributed by atoms with Gasteiger partial charge in [-0.2, -0.15) is 0 Å². The number of carbonyl (C=O) groups is 1. The summed E-state index contributed by atoms with van der Waals surface area (Å²) in [5.74, 6) is 0.497. The number of esters is 1. The number of halogens is 1. The number of hydrogen-bond donors (Lipinski definition) is 2. The fraction of sp³-hybridized carbons (Fsp3) is 0.619. The van der Waals surface area contributed by atoms with E-state index in [9.17, 15) is 4.79 Å². The van der Waals surface area contributed by atoms with Crippen LogP contribution in [0.3, 0.4) is 0 Å². The molecule has 7 heteroatoms. The van der Waals surface area contributed by atoms with Gasteiger partial charge in [-0.05, 0) is 58.7 Å². The first kappa shape index (κ1) is 26.6. The van der Waals surface area contributed by atoms with Crippen LogP contribution in [0.5, 0.6) is 0 Å². The molecule has 0 unspecified atom stereocenters. The Bertz CT molecular complexity index is 581. The maximum atomic E-state index is 11.7. The summed E-state index contributed by atoms with van der Waals surface area (Å²) in [7, 11) is 1.77. The third-order valence-electron chi connectivity index (χ3n) is 4.36. The maximum Gasteiger partial charge on any atom is 0.338 e. The standard InChI is InChI=1S/C21H36N4O2.HI/c1-7-27-20(26)19-11-9-18(10-12-19)15-24-21(22-6)23-13-8-14-25(16(2)3)17(4)5;/h9-12,16-17H,7-8,13-15H2,1-6H3,(H2,22,23,24);1H. The molecule has 1 rings (SSSR count). The Morgan fingerprint density at radius 2 is 1.71 bits per heavy atom. The summed E-state index contributed by atoms with van der Waals surface area (Å²) in [5.41, 5.74) is 1.65. The van der Waals surface area contributed by atoms with Crippen LogP contribution in [0.1, 0.15) is 57.0 Å². The lowest BCUT2D eigenvalue weighted by atomic mass is 10.1. The number of benzene rings is 1. The minimum atomic E-state index is -0.286. The normalized spacial score (nSPS) is 11.5. The summed E-state index contributed by atoms with van der Waals surface area (Å²) in [6.07, 6.45) is 1.06. The van der Waals surface area contributed by atoms with Gasteiger partial charge in [0.25, 0.3) is 0 Å². The number of rotatable bonds is 10. The minimum Gasteiger partial charge on any atom is -0.462 e. The molecule has 0 heterocycles. The van der Waals surface area contributed by atoms with E-state index in [1.54, 1.807) is 26.1 Å². The van der Waals surface area contributed by atoms with Crippen molar-refractivity contribution in [1.82, 2.24) is 15.5 Å². The minimum absolute atomic E-state index is 0. The zero-order valence-corrected chi connectivity index (χ0v) is 20.4. The molecule has 0 atom stereocenters. The molecule has 0 aromatic heterocycles. The highest BCUT2D eigenvalue weighted by Gasteiger charge is 2.12. The molecule has 0 fully saturated rings. The molecular weight excluding hydrogens is 467 g/mol. The molecule has 0 saturated heterocycles. The van der Waals surface area contributed by atoms with E-state index in [1.807, 2.05) is 12.1 Å². The summed E-state index contributed by atoms with van der Waals surface area (Å²) < 4.78 is 5.00. The second-order valence-corrected chi connectivity index (χ2v) is 7.05. The van der Waals surface area contributed by atoms with Gasteiger partial charge in [-0.25, -0.2) is 4.79 Å². The first-order chi connectivity index (χ1) is 12.9. The summed E-state index contributed by atoms with van der Waals surface area (Å²) in [6, 6.07) is 8.54. The van der Waals surface area contributed by atoms with E-state index in [0.29, 0.717) is 30.8 Å². The molecule has 0 bridgehead atoms. The summed E-state index contributed by atoms with van der Waals surface area (Å²) >= 11 is 0. The smallest absolute Gasteiger partial charge is 0.338 e. The van der Waals surface area contributed by atoms with Crippen LogP contribution < -0.4 is 10.6 Å². The monoisotopic (exact) mass is 504 g/mol. The SMILES string of the molecule is CCOC(=O)c1ccc(CNC(=NC)NCCCN(C(C)C)C(C)C)cc1.I. The van der Waals surface area contributed by atoms with Gasteiger partial charge in [0.15, 0.2) is 5.96 Å². The van der Waals surface area contributed by atoms with Gasteiger partial charge in [0.1, 0.15) is 0 Å². The van der Waals surface area contributed by atoms with Crippen molar-refractivity contribution >= 4 is 35.9 Å². The lowest BCUT2D eigenvalue weighted by Crippen LogP contribution is -2.41. The van der Waals surface area contributed by atoms with Gasteiger partial charge in [0.05, 0.1) is 12.2 Å². The quantitative estimate of drug-likeness (QED) is 0.168. The Kier molecular flexibility index (Phi) is 13.9. The second-order valence-electron chi connectivity index (χ2n) is 7.05. The molecular formula is C21H37IN4O2. The van der Waals surface area contributed by atoms with Crippen molar-refractivity contribution in [3.63, 3.8) is 0 Å². The fourth-order valence-corrected chi connectivity index (χ4v) is 2.96. The van der Waals surface area contributed by atoms with Gasteiger partial charge >= 0.3 is 5.97 Å². The largest absolute Gasteiger partial charge is 0.462 e. The van der Waals surface area contributed by atoms with Crippen molar-refractivity contribution in [2.45, 2.75) is 59.7 Å². The lowest BCUT2D eigenvalue weighted by molar-refractivity contribution is 0.0526. The first-order valence-electron chi connectivity index (χ1n) is 9.85. The average molecular weight is 504 g/mol. The maximum absolute atomic E-state index is 11.7. The molecule has 0 amide bonds. The van der Waals surface area contributed by atoms with Crippen molar-refractivity contribution in [2.75, 3.05) is 26.7 Å². The number of ether oxygens (including phenoxy) is 1. The predicted molar refractivity (Wildman–Crippen MR) is 128 cm³/mol. The first-order valence-corrected chi connectivity index (χ1v) is 9.85. The van der Waals surface area contributed by atoms with Crippen LogP contribution in [0.4, 0.5) is 0 Å². The highest BCUT2D eigenvalue weighted by molar-refractivity contribution is 14.0. The summed E-state index contributed by atoms with van der Waals surface area (Å²) in [6.45, 7) is 13.7. The molecule has 28 heavy (non-hydrogen) atoms. The van der Waals surface area contributed by atoms with E-state index >= 15 is 0 Å². The van der Waals surface area contributed by atoms with Crippen LogP contribution in [0.2, 0.25) is 0 Å². The molecule has 2 N–H and O–H groups in total. The average Bonchev–Trinajstić information content (AvgIpc) is 2.64. The van der Waals surface area contributed by atoms with Gasteiger partial charge in [-0.15, -0.1) is 24.0 Å². The van der Waals surface area contributed by atoms with Crippen LogP contribution in [0.15, 0.2) is 29.3 Å². The number of nitrogens with one attached hydrogen (secondary N) is 2. The van der Waals surface area contributed by atoms with E-state index in [-0.39, 0.29) is 29.9 Å². The molecule has 0 saturated carbocycles. The number of nitrogens with zero attached hydrogens (tertiary/aromatic N) is 2. The van der Waals surface area contributed by atoms with E-state index in [4.69, 9.17) is 4.74 Å².